The van der Waals surface area contributed by atoms with Crippen LogP contribution in [-0.4, -0.2) is 22.9 Å². The van der Waals surface area contributed by atoms with Crippen LogP contribution < -0.4 is 5.73 Å². The SMILES string of the molecule is CC(N)c1nnc(CCC2CCCCO2)o1. The van der Waals surface area contributed by atoms with E-state index in [1.807, 2.05) is 6.92 Å². The first-order valence-electron chi connectivity index (χ1n) is 5.95. The summed E-state index contributed by atoms with van der Waals surface area (Å²) >= 11 is 0. The number of nitrogens with two attached hydrogens (primary N) is 1. The van der Waals surface area contributed by atoms with Gasteiger partial charge in [-0.1, -0.05) is 0 Å². The van der Waals surface area contributed by atoms with Crippen molar-refractivity contribution in [1.82, 2.24) is 10.2 Å². The van der Waals surface area contributed by atoms with Crippen LogP contribution in [0.5, 0.6) is 0 Å². The summed E-state index contributed by atoms with van der Waals surface area (Å²) in [7, 11) is 0. The fourth-order valence-corrected chi connectivity index (χ4v) is 1.87. The average Bonchev–Trinajstić information content (AvgIpc) is 2.76. The van der Waals surface area contributed by atoms with Crippen LogP contribution >= 0.6 is 0 Å². The minimum atomic E-state index is -0.188. The van der Waals surface area contributed by atoms with E-state index in [0.29, 0.717) is 17.9 Å². The molecule has 16 heavy (non-hydrogen) atoms. The molecule has 2 N–H and O–H groups in total. The van der Waals surface area contributed by atoms with Gasteiger partial charge in [-0.25, -0.2) is 0 Å². The molecule has 2 rings (SSSR count). The lowest BCUT2D eigenvalue weighted by Gasteiger charge is -2.21. The topological polar surface area (TPSA) is 74.2 Å². The van der Waals surface area contributed by atoms with Crippen LogP contribution in [0.1, 0.15) is 50.4 Å². The number of rotatable bonds is 4. The summed E-state index contributed by atoms with van der Waals surface area (Å²) in [5, 5.41) is 7.87. The van der Waals surface area contributed by atoms with Crippen LogP contribution in [0.2, 0.25) is 0 Å². The molecule has 1 fully saturated rings. The maximum atomic E-state index is 5.65. The first kappa shape index (κ1) is 11.5. The zero-order valence-electron chi connectivity index (χ0n) is 9.69. The van der Waals surface area contributed by atoms with E-state index in [-0.39, 0.29) is 6.04 Å². The average molecular weight is 225 g/mol. The molecule has 90 valence electrons. The van der Waals surface area contributed by atoms with E-state index in [1.54, 1.807) is 0 Å². The Morgan fingerprint density at radius 2 is 2.31 bits per heavy atom. The highest BCUT2D eigenvalue weighted by Crippen LogP contribution is 2.18. The molecule has 1 aliphatic heterocycles. The van der Waals surface area contributed by atoms with Crippen molar-refractivity contribution in [3.63, 3.8) is 0 Å². The number of aromatic nitrogens is 2. The van der Waals surface area contributed by atoms with Gasteiger partial charge in [0, 0.05) is 13.0 Å². The van der Waals surface area contributed by atoms with E-state index in [0.717, 1.165) is 25.9 Å². The standard InChI is InChI=1S/C11H19N3O2/c1-8(12)11-14-13-10(16-11)6-5-9-4-2-3-7-15-9/h8-9H,2-7,12H2,1H3. The first-order valence-corrected chi connectivity index (χ1v) is 5.95. The molecule has 1 saturated heterocycles. The van der Waals surface area contributed by atoms with Crippen molar-refractivity contribution in [2.75, 3.05) is 6.61 Å². The molecular formula is C11H19N3O2. The zero-order valence-corrected chi connectivity index (χ0v) is 9.69. The molecule has 2 unspecified atom stereocenters. The number of hydrogen-bond acceptors (Lipinski definition) is 5. The van der Waals surface area contributed by atoms with E-state index in [2.05, 4.69) is 10.2 Å². The summed E-state index contributed by atoms with van der Waals surface area (Å²) in [6.07, 6.45) is 5.70. The lowest BCUT2D eigenvalue weighted by Crippen LogP contribution is -2.19. The van der Waals surface area contributed by atoms with Gasteiger partial charge >= 0.3 is 0 Å². The minimum absolute atomic E-state index is 0.188. The molecule has 5 nitrogen and oxygen atoms in total. The van der Waals surface area contributed by atoms with Crippen molar-refractivity contribution in [1.29, 1.82) is 0 Å². The molecule has 5 heteroatoms. The van der Waals surface area contributed by atoms with Gasteiger partial charge in [0.2, 0.25) is 11.8 Å². The highest BCUT2D eigenvalue weighted by Gasteiger charge is 2.16. The van der Waals surface area contributed by atoms with Crippen LogP contribution in [0.25, 0.3) is 0 Å². The third-order valence-corrected chi connectivity index (χ3v) is 2.83. The Morgan fingerprint density at radius 3 is 2.94 bits per heavy atom. The minimum Gasteiger partial charge on any atom is -0.424 e. The predicted molar refractivity (Wildman–Crippen MR) is 58.8 cm³/mol. The van der Waals surface area contributed by atoms with Crippen molar-refractivity contribution in [2.24, 2.45) is 5.73 Å². The third-order valence-electron chi connectivity index (χ3n) is 2.83. The second kappa shape index (κ2) is 5.41. The monoisotopic (exact) mass is 225 g/mol. The zero-order chi connectivity index (χ0) is 11.4. The van der Waals surface area contributed by atoms with Gasteiger partial charge in [-0.3, -0.25) is 0 Å². The molecular weight excluding hydrogens is 206 g/mol. The molecule has 0 spiro atoms. The molecule has 0 radical (unpaired) electrons. The fourth-order valence-electron chi connectivity index (χ4n) is 1.87. The summed E-state index contributed by atoms with van der Waals surface area (Å²) in [6, 6.07) is -0.188. The maximum Gasteiger partial charge on any atom is 0.232 e. The fraction of sp³-hybridized carbons (Fsp3) is 0.818. The second-order valence-corrected chi connectivity index (χ2v) is 4.35. The Labute approximate surface area is 95.4 Å². The Hall–Kier alpha value is -0.940. The van der Waals surface area contributed by atoms with Crippen molar-refractivity contribution in [3.05, 3.63) is 11.8 Å². The van der Waals surface area contributed by atoms with Gasteiger partial charge in [0.25, 0.3) is 0 Å². The Balaban J connectivity index is 1.79. The molecule has 2 atom stereocenters. The van der Waals surface area contributed by atoms with Gasteiger partial charge in [-0.15, -0.1) is 10.2 Å². The van der Waals surface area contributed by atoms with E-state index in [9.17, 15) is 0 Å². The number of hydrogen-bond donors (Lipinski definition) is 1. The molecule has 0 aromatic carbocycles. The van der Waals surface area contributed by atoms with Crippen molar-refractivity contribution < 1.29 is 9.15 Å². The highest BCUT2D eigenvalue weighted by molar-refractivity contribution is 4.87. The van der Waals surface area contributed by atoms with Gasteiger partial charge in [-0.05, 0) is 32.6 Å². The van der Waals surface area contributed by atoms with Crippen LogP contribution in [-0.2, 0) is 11.2 Å². The lowest BCUT2D eigenvalue weighted by molar-refractivity contribution is 0.0105. The van der Waals surface area contributed by atoms with Crippen LogP contribution in [0.3, 0.4) is 0 Å². The predicted octanol–water partition coefficient (Wildman–Crippen LogP) is 1.59. The Kier molecular flexibility index (Phi) is 3.90. The Morgan fingerprint density at radius 1 is 1.44 bits per heavy atom. The summed E-state index contributed by atoms with van der Waals surface area (Å²) in [5.41, 5.74) is 5.65. The van der Waals surface area contributed by atoms with Crippen molar-refractivity contribution >= 4 is 0 Å². The van der Waals surface area contributed by atoms with Crippen LogP contribution in [0, 0.1) is 0 Å². The van der Waals surface area contributed by atoms with Gasteiger partial charge in [0.15, 0.2) is 0 Å². The largest absolute Gasteiger partial charge is 0.424 e. The molecule has 1 aliphatic rings. The highest BCUT2D eigenvalue weighted by atomic mass is 16.5. The number of nitrogens with zero attached hydrogens (tertiary/aromatic N) is 2. The summed E-state index contributed by atoms with van der Waals surface area (Å²) in [4.78, 5) is 0. The van der Waals surface area contributed by atoms with E-state index >= 15 is 0 Å². The first-order chi connectivity index (χ1) is 7.75. The molecule has 0 saturated carbocycles. The van der Waals surface area contributed by atoms with Crippen LogP contribution in [0.15, 0.2) is 4.42 Å². The van der Waals surface area contributed by atoms with Gasteiger partial charge < -0.3 is 14.9 Å². The molecule has 2 heterocycles. The lowest BCUT2D eigenvalue weighted by atomic mass is 10.0. The number of aryl methyl sites for hydroxylation is 1. The van der Waals surface area contributed by atoms with Crippen molar-refractivity contribution in [3.8, 4) is 0 Å². The second-order valence-electron chi connectivity index (χ2n) is 4.35. The van der Waals surface area contributed by atoms with Crippen LogP contribution in [0.4, 0.5) is 0 Å². The van der Waals surface area contributed by atoms with E-state index < -0.39 is 0 Å². The molecule has 1 aromatic heterocycles. The molecule has 0 amide bonds. The molecule has 0 aliphatic carbocycles. The maximum absolute atomic E-state index is 5.65. The van der Waals surface area contributed by atoms with Gasteiger partial charge in [-0.2, -0.15) is 0 Å². The smallest absolute Gasteiger partial charge is 0.232 e. The summed E-state index contributed by atoms with van der Waals surface area (Å²) in [6.45, 7) is 2.72. The summed E-state index contributed by atoms with van der Waals surface area (Å²) < 4.78 is 11.1. The van der Waals surface area contributed by atoms with Gasteiger partial charge in [0.05, 0.1) is 12.1 Å². The quantitative estimate of drug-likeness (QED) is 0.842. The molecule has 1 aromatic rings. The Bertz CT molecular complexity index is 319. The normalized spacial score (nSPS) is 23.2. The van der Waals surface area contributed by atoms with Crippen molar-refractivity contribution in [2.45, 2.75) is 51.2 Å². The molecule has 0 bridgehead atoms. The van der Waals surface area contributed by atoms with Gasteiger partial charge in [0.1, 0.15) is 0 Å². The van der Waals surface area contributed by atoms with E-state index in [1.165, 1.54) is 12.8 Å². The summed E-state index contributed by atoms with van der Waals surface area (Å²) in [5.74, 6) is 1.18. The van der Waals surface area contributed by atoms with E-state index in [4.69, 9.17) is 14.9 Å². The number of ether oxygens (including phenoxy) is 1. The third kappa shape index (κ3) is 3.02.